The van der Waals surface area contributed by atoms with Crippen LogP contribution in [-0.2, 0) is 14.3 Å². The Kier molecular flexibility index (Phi) is 5.52. The number of para-hydroxylation sites is 1. The fourth-order valence-corrected chi connectivity index (χ4v) is 2.14. The molecule has 0 aliphatic heterocycles. The third-order valence-electron chi connectivity index (χ3n) is 3.79. The van der Waals surface area contributed by atoms with E-state index in [0.717, 1.165) is 11.3 Å². The first-order valence-electron chi connectivity index (χ1n) is 7.67. The average molecular weight is 327 g/mol. The Morgan fingerprint density at radius 3 is 2.67 bits per heavy atom. The SMILES string of the molecule is CCC(C)(NC(=O)C=Cc1cnn(-c2ccccc2)c1)C(=O)OC. The second-order valence-corrected chi connectivity index (χ2v) is 5.55. The second-order valence-electron chi connectivity index (χ2n) is 5.55. The lowest BCUT2D eigenvalue weighted by Crippen LogP contribution is -2.51. The summed E-state index contributed by atoms with van der Waals surface area (Å²) in [5.74, 6) is -0.833. The molecule has 0 bridgehead atoms. The van der Waals surface area contributed by atoms with Gasteiger partial charge in [-0.3, -0.25) is 4.79 Å². The van der Waals surface area contributed by atoms with Gasteiger partial charge in [0.25, 0.3) is 0 Å². The highest BCUT2D eigenvalue weighted by molar-refractivity contribution is 5.95. The molecule has 2 aromatic rings. The zero-order valence-electron chi connectivity index (χ0n) is 14.0. The highest BCUT2D eigenvalue weighted by Crippen LogP contribution is 2.12. The van der Waals surface area contributed by atoms with Gasteiger partial charge in [-0.05, 0) is 31.6 Å². The van der Waals surface area contributed by atoms with Gasteiger partial charge in [-0.2, -0.15) is 5.10 Å². The van der Waals surface area contributed by atoms with Crippen LogP contribution in [0.3, 0.4) is 0 Å². The maximum absolute atomic E-state index is 12.1. The Bertz CT molecular complexity index is 737. The number of ether oxygens (including phenoxy) is 1. The van der Waals surface area contributed by atoms with Crippen molar-refractivity contribution >= 4 is 18.0 Å². The van der Waals surface area contributed by atoms with E-state index >= 15 is 0 Å². The van der Waals surface area contributed by atoms with Crippen LogP contribution in [-0.4, -0.2) is 34.3 Å². The fourth-order valence-electron chi connectivity index (χ4n) is 2.14. The van der Waals surface area contributed by atoms with Crippen molar-refractivity contribution in [3.8, 4) is 5.69 Å². The van der Waals surface area contributed by atoms with Gasteiger partial charge >= 0.3 is 5.97 Å². The summed E-state index contributed by atoms with van der Waals surface area (Å²) in [6, 6.07) is 9.67. The van der Waals surface area contributed by atoms with Gasteiger partial charge in [-0.1, -0.05) is 25.1 Å². The van der Waals surface area contributed by atoms with Crippen LogP contribution in [0.1, 0.15) is 25.8 Å². The zero-order chi connectivity index (χ0) is 17.6. The number of carbonyl (C=O) groups is 2. The zero-order valence-corrected chi connectivity index (χ0v) is 14.0. The van der Waals surface area contributed by atoms with Crippen molar-refractivity contribution in [2.75, 3.05) is 7.11 Å². The maximum atomic E-state index is 12.1. The molecule has 6 heteroatoms. The fraction of sp³-hybridized carbons (Fsp3) is 0.278. The minimum atomic E-state index is -1.04. The number of amides is 1. The van der Waals surface area contributed by atoms with Crippen LogP contribution < -0.4 is 5.32 Å². The minimum Gasteiger partial charge on any atom is -0.467 e. The number of benzene rings is 1. The molecule has 0 aliphatic rings. The Morgan fingerprint density at radius 2 is 2.04 bits per heavy atom. The highest BCUT2D eigenvalue weighted by Gasteiger charge is 2.33. The first kappa shape index (κ1) is 17.5. The summed E-state index contributed by atoms with van der Waals surface area (Å²) in [4.78, 5) is 23.8. The molecule has 1 heterocycles. The van der Waals surface area contributed by atoms with Gasteiger partial charge in [0.1, 0.15) is 5.54 Å². The molecular formula is C18H21N3O3. The van der Waals surface area contributed by atoms with Crippen LogP contribution in [0.4, 0.5) is 0 Å². The Balaban J connectivity index is 2.04. The molecule has 0 saturated carbocycles. The molecule has 0 saturated heterocycles. The van der Waals surface area contributed by atoms with Crippen molar-refractivity contribution in [1.29, 1.82) is 0 Å². The van der Waals surface area contributed by atoms with Gasteiger partial charge in [0.2, 0.25) is 5.91 Å². The molecule has 0 aliphatic carbocycles. The predicted octanol–water partition coefficient (Wildman–Crippen LogP) is 2.34. The van der Waals surface area contributed by atoms with Crippen molar-refractivity contribution in [1.82, 2.24) is 15.1 Å². The molecule has 126 valence electrons. The van der Waals surface area contributed by atoms with Crippen LogP contribution in [0.2, 0.25) is 0 Å². The van der Waals surface area contributed by atoms with E-state index in [-0.39, 0.29) is 5.91 Å². The molecule has 1 atom stereocenters. The summed E-state index contributed by atoms with van der Waals surface area (Å²) in [7, 11) is 1.30. The quantitative estimate of drug-likeness (QED) is 0.653. The smallest absolute Gasteiger partial charge is 0.331 e. The second kappa shape index (κ2) is 7.59. The molecule has 1 N–H and O–H groups in total. The van der Waals surface area contributed by atoms with Crippen molar-refractivity contribution in [3.05, 3.63) is 54.4 Å². The molecule has 2 rings (SSSR count). The van der Waals surface area contributed by atoms with E-state index in [4.69, 9.17) is 4.74 Å². The van der Waals surface area contributed by atoms with Crippen molar-refractivity contribution in [3.63, 3.8) is 0 Å². The summed E-state index contributed by atoms with van der Waals surface area (Å²) in [6.45, 7) is 3.45. The molecule has 0 radical (unpaired) electrons. The number of aromatic nitrogens is 2. The van der Waals surface area contributed by atoms with E-state index in [1.54, 1.807) is 23.9 Å². The first-order valence-corrected chi connectivity index (χ1v) is 7.67. The number of methoxy groups -OCH3 is 1. The number of nitrogens with one attached hydrogen (secondary N) is 1. The lowest BCUT2D eigenvalue weighted by molar-refractivity contribution is -0.149. The molecular weight excluding hydrogens is 306 g/mol. The van der Waals surface area contributed by atoms with Crippen LogP contribution in [0.5, 0.6) is 0 Å². The van der Waals surface area contributed by atoms with Crippen LogP contribution >= 0.6 is 0 Å². The van der Waals surface area contributed by atoms with Crippen LogP contribution in [0.25, 0.3) is 11.8 Å². The topological polar surface area (TPSA) is 73.2 Å². The molecule has 1 unspecified atom stereocenters. The number of hydrogen-bond donors (Lipinski definition) is 1. The molecule has 6 nitrogen and oxygen atoms in total. The third kappa shape index (κ3) is 4.10. The minimum absolute atomic E-state index is 0.364. The summed E-state index contributed by atoms with van der Waals surface area (Å²) in [6.07, 6.45) is 6.94. The van der Waals surface area contributed by atoms with E-state index in [0.29, 0.717) is 6.42 Å². The summed E-state index contributed by atoms with van der Waals surface area (Å²) < 4.78 is 6.46. The van der Waals surface area contributed by atoms with E-state index in [1.807, 2.05) is 43.5 Å². The van der Waals surface area contributed by atoms with Gasteiger partial charge in [0, 0.05) is 17.8 Å². The van der Waals surface area contributed by atoms with E-state index < -0.39 is 11.5 Å². The summed E-state index contributed by atoms with van der Waals surface area (Å²) in [5.41, 5.74) is 0.681. The molecule has 0 fully saturated rings. The third-order valence-corrected chi connectivity index (χ3v) is 3.79. The predicted molar refractivity (Wildman–Crippen MR) is 91.5 cm³/mol. The maximum Gasteiger partial charge on any atom is 0.331 e. The van der Waals surface area contributed by atoms with Gasteiger partial charge < -0.3 is 10.1 Å². The lowest BCUT2D eigenvalue weighted by atomic mass is 9.99. The van der Waals surface area contributed by atoms with Gasteiger partial charge in [-0.25, -0.2) is 9.48 Å². The molecule has 1 aromatic heterocycles. The highest BCUT2D eigenvalue weighted by atomic mass is 16.5. The molecule has 0 spiro atoms. The van der Waals surface area contributed by atoms with E-state index in [1.165, 1.54) is 13.2 Å². The van der Waals surface area contributed by atoms with Gasteiger partial charge in [-0.15, -0.1) is 0 Å². The lowest BCUT2D eigenvalue weighted by Gasteiger charge is -2.25. The molecule has 24 heavy (non-hydrogen) atoms. The number of nitrogens with zero attached hydrogens (tertiary/aromatic N) is 2. The van der Waals surface area contributed by atoms with E-state index in [9.17, 15) is 9.59 Å². The Labute approximate surface area is 141 Å². The van der Waals surface area contributed by atoms with Crippen LogP contribution in [0.15, 0.2) is 48.8 Å². The normalized spacial score (nSPS) is 13.5. The molecule has 1 aromatic carbocycles. The Morgan fingerprint density at radius 1 is 1.33 bits per heavy atom. The van der Waals surface area contributed by atoms with Crippen molar-refractivity contribution in [2.24, 2.45) is 0 Å². The van der Waals surface area contributed by atoms with Crippen molar-refractivity contribution in [2.45, 2.75) is 25.8 Å². The summed E-state index contributed by atoms with van der Waals surface area (Å²) >= 11 is 0. The number of carbonyl (C=O) groups excluding carboxylic acids is 2. The van der Waals surface area contributed by atoms with E-state index in [2.05, 4.69) is 10.4 Å². The number of hydrogen-bond acceptors (Lipinski definition) is 4. The largest absolute Gasteiger partial charge is 0.467 e. The average Bonchev–Trinajstić information content (AvgIpc) is 3.09. The first-order chi connectivity index (χ1) is 11.5. The van der Waals surface area contributed by atoms with Crippen LogP contribution in [0, 0.1) is 0 Å². The molecule has 1 amide bonds. The standard InChI is InChI=1S/C18H21N3O3/c1-4-18(2,17(23)24-3)20-16(22)11-10-14-12-19-21(13-14)15-8-6-5-7-9-15/h5-13H,4H2,1-3H3,(H,20,22). The van der Waals surface area contributed by atoms with Crippen molar-refractivity contribution < 1.29 is 14.3 Å². The van der Waals surface area contributed by atoms with Gasteiger partial charge in [0.15, 0.2) is 0 Å². The number of rotatable bonds is 6. The monoisotopic (exact) mass is 327 g/mol. The Hall–Kier alpha value is -2.89. The number of esters is 1. The van der Waals surface area contributed by atoms with Gasteiger partial charge in [0.05, 0.1) is 19.0 Å². The summed E-state index contributed by atoms with van der Waals surface area (Å²) in [5, 5.41) is 6.93.